The molecular weight excluding hydrogens is 771 g/mol. The molecule has 1 unspecified atom stereocenters. The fraction of sp³-hybridized carbons (Fsp3) is 0.206. The predicted molar refractivity (Wildman–Crippen MR) is 269 cm³/mol. The monoisotopic (exact) mass is 823 g/mol. The molecule has 4 aliphatic rings. The van der Waals surface area contributed by atoms with Crippen LogP contribution in [0.25, 0.3) is 43.8 Å². The van der Waals surface area contributed by atoms with Gasteiger partial charge in [0.05, 0.1) is 17.1 Å². The maximum atomic E-state index is 2.65. The van der Waals surface area contributed by atoms with Gasteiger partial charge in [-0.2, -0.15) is 0 Å². The second kappa shape index (κ2) is 12.5. The Hall–Kier alpha value is -6.70. The van der Waals surface area contributed by atoms with Crippen LogP contribution in [-0.2, 0) is 21.7 Å². The molecule has 0 saturated heterocycles. The van der Waals surface area contributed by atoms with Crippen LogP contribution in [0, 0.1) is 0 Å². The van der Waals surface area contributed by atoms with Crippen LogP contribution < -0.4 is 4.90 Å². The van der Waals surface area contributed by atoms with Crippen molar-refractivity contribution in [1.29, 1.82) is 0 Å². The Morgan fingerprint density at radius 2 is 0.750 bits per heavy atom. The molecule has 9 aromatic rings. The van der Waals surface area contributed by atoms with E-state index in [1.807, 2.05) is 0 Å². The van der Waals surface area contributed by atoms with Crippen molar-refractivity contribution in [2.45, 2.75) is 83.0 Å². The van der Waals surface area contributed by atoms with E-state index in [-0.39, 0.29) is 27.6 Å². The van der Waals surface area contributed by atoms with Crippen molar-refractivity contribution in [3.05, 3.63) is 231 Å². The first kappa shape index (κ1) is 37.8. The van der Waals surface area contributed by atoms with E-state index in [4.69, 9.17) is 0 Å². The van der Waals surface area contributed by atoms with E-state index in [0.717, 1.165) is 0 Å². The molecule has 13 rings (SSSR count). The van der Waals surface area contributed by atoms with Crippen molar-refractivity contribution in [2.75, 3.05) is 4.90 Å². The van der Waals surface area contributed by atoms with E-state index < -0.39 is 0 Å². The normalized spacial score (nSPS) is 18.3. The van der Waals surface area contributed by atoms with Crippen LogP contribution in [0.1, 0.15) is 123 Å². The van der Waals surface area contributed by atoms with Crippen LogP contribution in [0.3, 0.4) is 0 Å². The van der Waals surface area contributed by atoms with Crippen molar-refractivity contribution >= 4 is 38.6 Å². The molecule has 1 aliphatic heterocycles. The molecule has 1 heterocycles. The van der Waals surface area contributed by atoms with Crippen molar-refractivity contribution in [3.8, 4) is 22.3 Å². The zero-order chi connectivity index (χ0) is 43.7. The average Bonchev–Trinajstić information content (AvgIpc) is 3.67. The number of para-hydroxylation sites is 1. The number of rotatable bonds is 2. The summed E-state index contributed by atoms with van der Waals surface area (Å²) in [6.07, 6.45) is 0. The van der Waals surface area contributed by atoms with E-state index in [0.29, 0.717) is 0 Å². The Bertz CT molecular complexity index is 3230. The maximum absolute atomic E-state index is 2.65. The highest BCUT2D eigenvalue weighted by molar-refractivity contribution is 6.18. The Balaban J connectivity index is 1.13. The molecule has 0 fully saturated rings. The highest BCUT2D eigenvalue weighted by Crippen LogP contribution is 2.61. The molecule has 0 amide bonds. The van der Waals surface area contributed by atoms with Crippen LogP contribution in [0.5, 0.6) is 0 Å². The number of nitrogens with zero attached hydrogens (tertiary/aromatic N) is 1. The molecule has 1 nitrogen and oxygen atoms in total. The molecule has 1 heteroatoms. The topological polar surface area (TPSA) is 3.24 Å². The summed E-state index contributed by atoms with van der Waals surface area (Å²) in [4.78, 5) is 2.65. The lowest BCUT2D eigenvalue weighted by Gasteiger charge is -2.44. The second-order valence-corrected chi connectivity index (χ2v) is 21.2. The van der Waals surface area contributed by atoms with Gasteiger partial charge in [-0.25, -0.2) is 0 Å². The molecule has 0 spiro atoms. The molecule has 0 radical (unpaired) electrons. The van der Waals surface area contributed by atoms with Gasteiger partial charge in [-0.15, -0.1) is 0 Å². The molecule has 1 atom stereocenters. The molecule has 0 saturated carbocycles. The van der Waals surface area contributed by atoms with Gasteiger partial charge in [0.2, 0.25) is 0 Å². The summed E-state index contributed by atoms with van der Waals surface area (Å²) in [5.74, 6) is 0.0234. The molecule has 0 aromatic heterocycles. The van der Waals surface area contributed by atoms with Crippen LogP contribution in [0.15, 0.2) is 170 Å². The van der Waals surface area contributed by atoms with Crippen molar-refractivity contribution in [2.24, 2.45) is 0 Å². The Labute approximate surface area is 378 Å². The Morgan fingerprint density at radius 1 is 0.312 bits per heavy atom. The number of benzene rings is 9. The summed E-state index contributed by atoms with van der Waals surface area (Å²) in [7, 11) is 0. The first-order chi connectivity index (χ1) is 30.8. The van der Waals surface area contributed by atoms with Gasteiger partial charge in [-0.1, -0.05) is 201 Å². The van der Waals surface area contributed by atoms with E-state index in [9.17, 15) is 0 Å². The van der Waals surface area contributed by atoms with Crippen molar-refractivity contribution in [1.82, 2.24) is 0 Å². The van der Waals surface area contributed by atoms with Crippen molar-refractivity contribution < 1.29 is 0 Å². The minimum atomic E-state index is -0.222. The lowest BCUT2D eigenvalue weighted by molar-refractivity contribution is 0.595. The van der Waals surface area contributed by atoms with Gasteiger partial charge in [-0.3, -0.25) is 0 Å². The van der Waals surface area contributed by atoms with Gasteiger partial charge in [0.15, 0.2) is 0 Å². The minimum Gasteiger partial charge on any atom is -0.309 e. The second-order valence-electron chi connectivity index (χ2n) is 21.2. The predicted octanol–water partition coefficient (Wildman–Crippen LogP) is 16.5. The highest BCUT2D eigenvalue weighted by atomic mass is 15.2. The van der Waals surface area contributed by atoms with E-state index in [2.05, 4.69) is 230 Å². The first-order valence-corrected chi connectivity index (χ1v) is 23.3. The van der Waals surface area contributed by atoms with E-state index in [1.165, 1.54) is 122 Å². The molecule has 310 valence electrons. The molecule has 64 heavy (non-hydrogen) atoms. The highest BCUT2D eigenvalue weighted by Gasteiger charge is 2.46. The molecule has 0 bridgehead atoms. The molecule has 9 aromatic carbocycles. The first-order valence-electron chi connectivity index (χ1n) is 23.3. The smallest absolute Gasteiger partial charge is 0.0618 e. The third-order valence-corrected chi connectivity index (χ3v) is 16.6. The number of hydrogen-bond acceptors (Lipinski definition) is 1. The quantitative estimate of drug-likeness (QED) is 0.157. The minimum absolute atomic E-state index is 0.0234. The van der Waals surface area contributed by atoms with Gasteiger partial charge < -0.3 is 4.90 Å². The van der Waals surface area contributed by atoms with Crippen molar-refractivity contribution in [3.63, 3.8) is 0 Å². The summed E-state index contributed by atoms with van der Waals surface area (Å²) in [6.45, 7) is 19.4. The standard InChI is InChI=1S/C63H53N/c1-60(2)47-28-16-13-21-37(47)44-33-52-46(35-51(44)60)58(43-27-15-18-30-49(43)62(52,5)6)57-39-23-9-11-25-41(39)59(42-26-12-10-24-40(42)57)64-55-32-20-19-31-50(55)63(7,8)54-34-45-38-22-14-17-29-48(38)61(3,4)53(45)36-56(54)64/h9-36,58H,1-8H3. The zero-order valence-electron chi connectivity index (χ0n) is 38.2. The fourth-order valence-electron chi connectivity index (χ4n) is 13.3. The maximum Gasteiger partial charge on any atom is 0.0618 e. The Morgan fingerprint density at radius 3 is 1.36 bits per heavy atom. The molecule has 0 N–H and O–H groups in total. The SMILES string of the molecule is CC1(C)c2ccccc2-c2cc3c(cc21)C(c1c2ccccc2c(N2c4ccccc4C(C)(C)c4cc5c(cc42)C(C)(C)c2ccccc2-5)c2ccccc12)c1ccccc1C3(C)C. The third-order valence-electron chi connectivity index (χ3n) is 16.6. The summed E-state index contributed by atoms with van der Waals surface area (Å²) in [5, 5.41) is 5.17. The summed E-state index contributed by atoms with van der Waals surface area (Å²) < 4.78 is 0. The lowest BCUT2D eigenvalue weighted by atomic mass is 9.62. The van der Waals surface area contributed by atoms with Gasteiger partial charge in [0.1, 0.15) is 0 Å². The van der Waals surface area contributed by atoms with Crippen LogP contribution in [0.2, 0.25) is 0 Å². The van der Waals surface area contributed by atoms with Crippen LogP contribution in [-0.4, -0.2) is 0 Å². The lowest BCUT2D eigenvalue weighted by Crippen LogP contribution is -2.32. The van der Waals surface area contributed by atoms with E-state index >= 15 is 0 Å². The average molecular weight is 824 g/mol. The summed E-state index contributed by atoms with van der Waals surface area (Å²) in [6, 6.07) is 65.7. The van der Waals surface area contributed by atoms with Gasteiger partial charge in [-0.05, 0) is 118 Å². The number of anilines is 3. The molecular formula is C63H53N. The van der Waals surface area contributed by atoms with Crippen LogP contribution >= 0.6 is 0 Å². The molecule has 3 aliphatic carbocycles. The number of fused-ring (bicyclic) bond motifs is 12. The van der Waals surface area contributed by atoms with Gasteiger partial charge >= 0.3 is 0 Å². The van der Waals surface area contributed by atoms with Gasteiger partial charge in [0.25, 0.3) is 0 Å². The van der Waals surface area contributed by atoms with Crippen LogP contribution in [0.4, 0.5) is 17.1 Å². The summed E-state index contributed by atoms with van der Waals surface area (Å²) in [5.41, 5.74) is 24.1. The zero-order valence-corrected chi connectivity index (χ0v) is 38.2. The fourth-order valence-corrected chi connectivity index (χ4v) is 13.3. The summed E-state index contributed by atoms with van der Waals surface area (Å²) >= 11 is 0. The van der Waals surface area contributed by atoms with Gasteiger partial charge in [0, 0.05) is 38.4 Å². The Kier molecular flexibility index (Phi) is 7.39. The largest absolute Gasteiger partial charge is 0.309 e. The number of hydrogen-bond donors (Lipinski definition) is 0. The van der Waals surface area contributed by atoms with E-state index in [1.54, 1.807) is 0 Å². The third kappa shape index (κ3) is 4.65.